The van der Waals surface area contributed by atoms with E-state index >= 15 is 0 Å². The molecule has 0 saturated carbocycles. The van der Waals surface area contributed by atoms with Gasteiger partial charge in [0.15, 0.2) is 0 Å². The second kappa shape index (κ2) is 7.89. The minimum atomic E-state index is -3.84. The molecule has 3 aromatic rings. The quantitative estimate of drug-likeness (QED) is 0.655. The smallest absolute Gasteiger partial charge is 0.261 e. The fourth-order valence-corrected chi connectivity index (χ4v) is 4.66. The van der Waals surface area contributed by atoms with Crippen LogP contribution in [0.2, 0.25) is 5.02 Å². The Kier molecular flexibility index (Phi) is 5.30. The van der Waals surface area contributed by atoms with Crippen LogP contribution >= 0.6 is 11.6 Å². The number of hydrogen-bond acceptors (Lipinski definition) is 3. The number of rotatable bonds is 4. The number of amides is 1. The van der Waals surface area contributed by atoms with Crippen molar-refractivity contribution in [2.45, 2.75) is 17.7 Å². The molecule has 1 aliphatic heterocycles. The van der Waals surface area contributed by atoms with E-state index in [1.165, 1.54) is 12.1 Å². The first-order valence-corrected chi connectivity index (χ1v) is 11.1. The third-order valence-electron chi connectivity index (χ3n) is 4.84. The normalized spacial score (nSPS) is 13.6. The van der Waals surface area contributed by atoms with Gasteiger partial charge in [0, 0.05) is 28.5 Å². The van der Waals surface area contributed by atoms with Gasteiger partial charge >= 0.3 is 0 Å². The zero-order valence-corrected chi connectivity index (χ0v) is 17.1. The van der Waals surface area contributed by atoms with Gasteiger partial charge in [-0.15, -0.1) is 0 Å². The number of carbonyl (C=O) groups excluding carboxylic acids is 1. The van der Waals surface area contributed by atoms with E-state index in [4.69, 9.17) is 11.6 Å². The summed E-state index contributed by atoms with van der Waals surface area (Å²) in [5.74, 6) is -0.208. The summed E-state index contributed by atoms with van der Waals surface area (Å²) >= 11 is 5.85. The van der Waals surface area contributed by atoms with Crippen LogP contribution in [0.5, 0.6) is 0 Å². The molecule has 1 aliphatic rings. The van der Waals surface area contributed by atoms with E-state index in [0.29, 0.717) is 22.8 Å². The molecule has 148 valence electrons. The average molecular weight is 427 g/mol. The van der Waals surface area contributed by atoms with Crippen molar-refractivity contribution in [1.82, 2.24) is 0 Å². The molecule has 0 radical (unpaired) electrons. The molecule has 0 bridgehead atoms. The number of nitrogens with zero attached hydrogens (tertiary/aromatic N) is 1. The molecule has 0 fully saturated rings. The van der Waals surface area contributed by atoms with Gasteiger partial charge < -0.3 is 4.90 Å². The molecule has 1 amide bonds. The Morgan fingerprint density at radius 2 is 1.72 bits per heavy atom. The molecule has 0 aliphatic carbocycles. The van der Waals surface area contributed by atoms with Crippen LogP contribution in [0, 0.1) is 0 Å². The number of sulfonamides is 1. The molecule has 5 nitrogen and oxygen atoms in total. The molecule has 7 heteroatoms. The third kappa shape index (κ3) is 4.13. The molecule has 1 heterocycles. The highest BCUT2D eigenvalue weighted by molar-refractivity contribution is 7.92. The van der Waals surface area contributed by atoms with Crippen LogP contribution in [-0.4, -0.2) is 20.9 Å². The second-order valence-corrected chi connectivity index (χ2v) is 8.95. The van der Waals surface area contributed by atoms with Crippen LogP contribution < -0.4 is 9.62 Å². The summed E-state index contributed by atoms with van der Waals surface area (Å²) in [7, 11) is -3.84. The lowest BCUT2D eigenvalue weighted by atomic mass is 10.0. The SMILES string of the molecule is O=C(c1cccc(S(=O)(=O)Nc2ccc(Cl)cc2)c1)N1CCCc2ccccc21. The summed E-state index contributed by atoms with van der Waals surface area (Å²) in [5, 5.41) is 0.516. The van der Waals surface area contributed by atoms with Gasteiger partial charge in [-0.25, -0.2) is 8.42 Å². The maximum atomic E-state index is 13.1. The van der Waals surface area contributed by atoms with E-state index in [1.807, 2.05) is 24.3 Å². The number of halogens is 1. The topological polar surface area (TPSA) is 66.5 Å². The van der Waals surface area contributed by atoms with Crippen molar-refractivity contribution in [1.29, 1.82) is 0 Å². The predicted octanol–water partition coefficient (Wildman–Crippen LogP) is 4.73. The number of anilines is 2. The monoisotopic (exact) mass is 426 g/mol. The van der Waals surface area contributed by atoms with Crippen molar-refractivity contribution in [2.75, 3.05) is 16.2 Å². The summed E-state index contributed by atoms with van der Waals surface area (Å²) in [6.45, 7) is 0.607. The van der Waals surface area contributed by atoms with Crippen molar-refractivity contribution in [3.05, 3.63) is 88.9 Å². The minimum absolute atomic E-state index is 0.0311. The first-order chi connectivity index (χ1) is 13.9. The molecular weight excluding hydrogens is 408 g/mol. The van der Waals surface area contributed by atoms with Crippen LogP contribution in [0.1, 0.15) is 22.3 Å². The second-order valence-electron chi connectivity index (χ2n) is 6.83. The summed E-state index contributed by atoms with van der Waals surface area (Å²) in [6.07, 6.45) is 1.80. The standard InChI is InChI=1S/C22H19ClN2O3S/c23-18-10-12-19(13-11-18)24-29(27,28)20-8-3-6-17(15-20)22(26)25-14-4-7-16-5-1-2-9-21(16)25/h1-3,5-6,8-13,15,24H,4,7,14H2. The third-order valence-corrected chi connectivity index (χ3v) is 6.47. The van der Waals surface area contributed by atoms with Gasteiger partial charge in [0.25, 0.3) is 15.9 Å². The van der Waals surface area contributed by atoms with E-state index in [0.717, 1.165) is 24.1 Å². The number of carbonyl (C=O) groups is 1. The Labute approximate surface area is 175 Å². The van der Waals surface area contributed by atoms with Gasteiger partial charge in [-0.2, -0.15) is 0 Å². The average Bonchev–Trinajstić information content (AvgIpc) is 2.74. The fraction of sp³-hybridized carbons (Fsp3) is 0.136. The van der Waals surface area contributed by atoms with Crippen LogP contribution in [0.25, 0.3) is 0 Å². The van der Waals surface area contributed by atoms with Gasteiger partial charge in [-0.1, -0.05) is 35.9 Å². The number of benzene rings is 3. The van der Waals surface area contributed by atoms with Crippen molar-refractivity contribution < 1.29 is 13.2 Å². The van der Waals surface area contributed by atoms with Gasteiger partial charge in [-0.05, 0) is 66.9 Å². The van der Waals surface area contributed by atoms with E-state index in [2.05, 4.69) is 4.72 Å². The largest absolute Gasteiger partial charge is 0.308 e. The molecule has 4 rings (SSSR count). The van der Waals surface area contributed by atoms with E-state index in [9.17, 15) is 13.2 Å². The van der Waals surface area contributed by atoms with Gasteiger partial charge in [0.2, 0.25) is 0 Å². The Morgan fingerprint density at radius 1 is 0.966 bits per heavy atom. The number of nitrogens with one attached hydrogen (secondary N) is 1. The highest BCUT2D eigenvalue weighted by Gasteiger charge is 2.24. The van der Waals surface area contributed by atoms with E-state index < -0.39 is 10.0 Å². The summed E-state index contributed by atoms with van der Waals surface area (Å²) < 4.78 is 28.0. The Hall–Kier alpha value is -2.83. The fourth-order valence-electron chi connectivity index (χ4n) is 3.43. The highest BCUT2D eigenvalue weighted by atomic mass is 35.5. The van der Waals surface area contributed by atoms with Crippen molar-refractivity contribution in [2.24, 2.45) is 0 Å². The Balaban J connectivity index is 1.62. The number of fused-ring (bicyclic) bond motifs is 1. The summed E-state index contributed by atoms with van der Waals surface area (Å²) in [6, 6.07) is 20.3. The number of para-hydroxylation sites is 1. The van der Waals surface area contributed by atoms with Gasteiger partial charge in [-0.3, -0.25) is 9.52 Å². The van der Waals surface area contributed by atoms with E-state index in [1.54, 1.807) is 41.3 Å². The molecule has 0 aromatic heterocycles. The highest BCUT2D eigenvalue weighted by Crippen LogP contribution is 2.28. The molecule has 3 aromatic carbocycles. The predicted molar refractivity (Wildman–Crippen MR) is 115 cm³/mol. The minimum Gasteiger partial charge on any atom is -0.308 e. The maximum Gasteiger partial charge on any atom is 0.261 e. The van der Waals surface area contributed by atoms with Crippen LogP contribution in [0.4, 0.5) is 11.4 Å². The van der Waals surface area contributed by atoms with Crippen molar-refractivity contribution >= 4 is 38.9 Å². The van der Waals surface area contributed by atoms with Crippen molar-refractivity contribution in [3.8, 4) is 0 Å². The molecule has 29 heavy (non-hydrogen) atoms. The molecule has 0 spiro atoms. The summed E-state index contributed by atoms with van der Waals surface area (Å²) in [4.78, 5) is 14.9. The number of hydrogen-bond donors (Lipinski definition) is 1. The Bertz CT molecular complexity index is 1160. The lowest BCUT2D eigenvalue weighted by Crippen LogP contribution is -2.35. The number of aryl methyl sites for hydroxylation is 1. The first kappa shape index (κ1) is 19.5. The maximum absolute atomic E-state index is 13.1. The van der Waals surface area contributed by atoms with Crippen LogP contribution in [-0.2, 0) is 16.4 Å². The molecule has 1 N–H and O–H groups in total. The van der Waals surface area contributed by atoms with Gasteiger partial charge in [0.05, 0.1) is 4.90 Å². The zero-order valence-electron chi connectivity index (χ0n) is 15.5. The molecule has 0 saturated heterocycles. The van der Waals surface area contributed by atoms with Crippen LogP contribution in [0.3, 0.4) is 0 Å². The molecule has 0 unspecified atom stereocenters. The zero-order chi connectivity index (χ0) is 20.4. The molecular formula is C22H19ClN2O3S. The Morgan fingerprint density at radius 3 is 2.52 bits per heavy atom. The first-order valence-electron chi connectivity index (χ1n) is 9.22. The van der Waals surface area contributed by atoms with Crippen molar-refractivity contribution in [3.63, 3.8) is 0 Å². The van der Waals surface area contributed by atoms with Gasteiger partial charge in [0.1, 0.15) is 0 Å². The van der Waals surface area contributed by atoms with Crippen LogP contribution in [0.15, 0.2) is 77.7 Å². The lowest BCUT2D eigenvalue weighted by Gasteiger charge is -2.29. The summed E-state index contributed by atoms with van der Waals surface area (Å²) in [5.41, 5.74) is 2.74. The van der Waals surface area contributed by atoms with E-state index in [-0.39, 0.29) is 10.8 Å². The molecule has 0 atom stereocenters. The lowest BCUT2D eigenvalue weighted by molar-refractivity contribution is 0.0985.